The number of nitrogens with two attached hydrogens (primary N) is 1. The van der Waals surface area contributed by atoms with Crippen molar-refractivity contribution in [2.45, 2.75) is 6.92 Å². The van der Waals surface area contributed by atoms with E-state index in [4.69, 9.17) is 5.73 Å². The molecule has 0 radical (unpaired) electrons. The van der Waals surface area contributed by atoms with Crippen molar-refractivity contribution in [1.82, 2.24) is 19.9 Å². The quantitative estimate of drug-likeness (QED) is 0.847. The van der Waals surface area contributed by atoms with Crippen LogP contribution < -0.4 is 20.9 Å². The summed E-state index contributed by atoms with van der Waals surface area (Å²) in [5.41, 5.74) is 6.85. The molecule has 0 bridgehead atoms. The summed E-state index contributed by atoms with van der Waals surface area (Å²) in [6.07, 6.45) is 3.52. The van der Waals surface area contributed by atoms with Crippen LogP contribution >= 0.6 is 0 Å². The van der Waals surface area contributed by atoms with Gasteiger partial charge in [0.25, 0.3) is 0 Å². The number of hydrogen-bond acceptors (Lipinski definition) is 8. The summed E-state index contributed by atoms with van der Waals surface area (Å²) in [5, 5.41) is 3.06. The van der Waals surface area contributed by atoms with Crippen LogP contribution in [0.4, 0.5) is 23.5 Å². The molecule has 3 rings (SSSR count). The average Bonchev–Trinajstić information content (AvgIpc) is 2.58. The number of rotatable bonds is 3. The standard InChI is InChI=1S/C14H20N8/c1-10-11(15)19-14(20-12(10)16-2)22-8-6-21(7-9-22)13-17-4-3-5-18-13/h3-5H,6-9H2,1-2H3,(H3,15,16,19,20). The van der Waals surface area contributed by atoms with E-state index in [0.29, 0.717) is 11.8 Å². The third-order valence-electron chi connectivity index (χ3n) is 3.81. The van der Waals surface area contributed by atoms with E-state index in [-0.39, 0.29) is 0 Å². The molecule has 22 heavy (non-hydrogen) atoms. The maximum atomic E-state index is 5.97. The van der Waals surface area contributed by atoms with Crippen molar-refractivity contribution < 1.29 is 0 Å². The SMILES string of the molecule is CNc1nc(N2CCN(c3ncccn3)CC2)nc(N)c1C. The largest absolute Gasteiger partial charge is 0.383 e. The molecule has 8 heteroatoms. The van der Waals surface area contributed by atoms with E-state index >= 15 is 0 Å². The molecule has 2 aromatic heterocycles. The van der Waals surface area contributed by atoms with Gasteiger partial charge in [-0.25, -0.2) is 9.97 Å². The molecular weight excluding hydrogens is 280 g/mol. The Kier molecular flexibility index (Phi) is 3.90. The Bertz CT molecular complexity index is 637. The predicted octanol–water partition coefficient (Wildman–Crippen LogP) is 0.526. The Labute approximate surface area is 129 Å². The molecule has 8 nitrogen and oxygen atoms in total. The van der Waals surface area contributed by atoms with Crippen molar-refractivity contribution in [2.24, 2.45) is 0 Å². The number of nitrogens with one attached hydrogen (secondary N) is 1. The highest BCUT2D eigenvalue weighted by atomic mass is 15.4. The zero-order valence-corrected chi connectivity index (χ0v) is 12.8. The van der Waals surface area contributed by atoms with Gasteiger partial charge in [0, 0.05) is 51.2 Å². The molecule has 3 N–H and O–H groups in total. The fraction of sp³-hybridized carbons (Fsp3) is 0.429. The van der Waals surface area contributed by atoms with Crippen LogP contribution in [0.3, 0.4) is 0 Å². The highest BCUT2D eigenvalue weighted by Gasteiger charge is 2.21. The van der Waals surface area contributed by atoms with Crippen LogP contribution in [0.2, 0.25) is 0 Å². The van der Waals surface area contributed by atoms with Crippen molar-refractivity contribution in [3.05, 3.63) is 24.0 Å². The Hall–Kier alpha value is -2.64. The first-order valence-corrected chi connectivity index (χ1v) is 7.28. The van der Waals surface area contributed by atoms with Gasteiger partial charge in [0.15, 0.2) is 0 Å². The Morgan fingerprint density at radius 1 is 1.00 bits per heavy atom. The number of piperazine rings is 1. The number of hydrogen-bond donors (Lipinski definition) is 2. The fourth-order valence-electron chi connectivity index (χ4n) is 2.47. The summed E-state index contributed by atoms with van der Waals surface area (Å²) in [4.78, 5) is 21.8. The van der Waals surface area contributed by atoms with Gasteiger partial charge < -0.3 is 20.9 Å². The Morgan fingerprint density at radius 3 is 2.18 bits per heavy atom. The van der Waals surface area contributed by atoms with E-state index in [0.717, 1.165) is 43.5 Å². The van der Waals surface area contributed by atoms with Gasteiger partial charge in [0.2, 0.25) is 11.9 Å². The predicted molar refractivity (Wildman–Crippen MR) is 87.2 cm³/mol. The second-order valence-electron chi connectivity index (χ2n) is 5.16. The second-order valence-corrected chi connectivity index (χ2v) is 5.16. The van der Waals surface area contributed by atoms with Crippen LogP contribution in [0.5, 0.6) is 0 Å². The topological polar surface area (TPSA) is 96.1 Å². The maximum absolute atomic E-state index is 5.97. The van der Waals surface area contributed by atoms with E-state index in [2.05, 4.69) is 35.1 Å². The molecule has 1 aliphatic rings. The smallest absolute Gasteiger partial charge is 0.229 e. The monoisotopic (exact) mass is 300 g/mol. The van der Waals surface area contributed by atoms with Crippen LogP contribution in [0.25, 0.3) is 0 Å². The summed E-state index contributed by atoms with van der Waals surface area (Å²) in [6.45, 7) is 5.19. The number of anilines is 4. The minimum absolute atomic E-state index is 0.517. The zero-order valence-electron chi connectivity index (χ0n) is 12.8. The highest BCUT2D eigenvalue weighted by Crippen LogP contribution is 2.22. The molecule has 0 spiro atoms. The zero-order chi connectivity index (χ0) is 15.5. The molecule has 3 heterocycles. The van der Waals surface area contributed by atoms with Gasteiger partial charge in [0.05, 0.1) is 0 Å². The van der Waals surface area contributed by atoms with Crippen LogP contribution in [0, 0.1) is 6.92 Å². The molecule has 0 saturated carbocycles. The number of aromatic nitrogens is 4. The minimum Gasteiger partial charge on any atom is -0.383 e. The molecule has 0 unspecified atom stereocenters. The molecule has 0 atom stereocenters. The summed E-state index contributed by atoms with van der Waals surface area (Å²) in [5.74, 6) is 2.72. The van der Waals surface area contributed by atoms with E-state index in [9.17, 15) is 0 Å². The molecule has 2 aromatic rings. The van der Waals surface area contributed by atoms with Gasteiger partial charge in [-0.1, -0.05) is 0 Å². The molecule has 0 amide bonds. The summed E-state index contributed by atoms with van der Waals surface area (Å²) in [6, 6.07) is 1.82. The lowest BCUT2D eigenvalue weighted by Crippen LogP contribution is -2.47. The molecule has 0 aromatic carbocycles. The van der Waals surface area contributed by atoms with Gasteiger partial charge in [-0.3, -0.25) is 0 Å². The van der Waals surface area contributed by atoms with Crippen LogP contribution in [-0.2, 0) is 0 Å². The fourth-order valence-corrected chi connectivity index (χ4v) is 2.47. The molecule has 1 aliphatic heterocycles. The summed E-state index contributed by atoms with van der Waals surface area (Å²) < 4.78 is 0. The molecular formula is C14H20N8. The first-order chi connectivity index (χ1) is 10.7. The van der Waals surface area contributed by atoms with Crippen LogP contribution in [0.1, 0.15) is 5.56 Å². The van der Waals surface area contributed by atoms with Crippen molar-refractivity contribution >= 4 is 23.5 Å². The van der Waals surface area contributed by atoms with Crippen LogP contribution in [-0.4, -0.2) is 53.2 Å². The van der Waals surface area contributed by atoms with E-state index in [1.165, 1.54) is 0 Å². The lowest BCUT2D eigenvalue weighted by Gasteiger charge is -2.34. The number of nitrogens with zero attached hydrogens (tertiary/aromatic N) is 6. The second kappa shape index (κ2) is 6.00. The van der Waals surface area contributed by atoms with Gasteiger partial charge in [-0.2, -0.15) is 9.97 Å². The number of nitrogen functional groups attached to an aromatic ring is 1. The lowest BCUT2D eigenvalue weighted by atomic mass is 10.3. The summed E-state index contributed by atoms with van der Waals surface area (Å²) >= 11 is 0. The average molecular weight is 300 g/mol. The van der Waals surface area contributed by atoms with E-state index in [1.54, 1.807) is 12.4 Å². The van der Waals surface area contributed by atoms with E-state index in [1.807, 2.05) is 20.0 Å². The molecule has 1 saturated heterocycles. The first-order valence-electron chi connectivity index (χ1n) is 7.28. The Balaban J connectivity index is 1.73. The first kappa shape index (κ1) is 14.3. The van der Waals surface area contributed by atoms with Gasteiger partial charge in [-0.05, 0) is 13.0 Å². The summed E-state index contributed by atoms with van der Waals surface area (Å²) in [7, 11) is 1.84. The van der Waals surface area contributed by atoms with E-state index < -0.39 is 0 Å². The van der Waals surface area contributed by atoms with Crippen molar-refractivity contribution in [3.8, 4) is 0 Å². The molecule has 1 fully saturated rings. The Morgan fingerprint density at radius 2 is 1.59 bits per heavy atom. The minimum atomic E-state index is 0.517. The maximum Gasteiger partial charge on any atom is 0.229 e. The van der Waals surface area contributed by atoms with Crippen molar-refractivity contribution in [2.75, 3.05) is 54.1 Å². The van der Waals surface area contributed by atoms with Gasteiger partial charge in [0.1, 0.15) is 11.6 Å². The van der Waals surface area contributed by atoms with Crippen LogP contribution in [0.15, 0.2) is 18.5 Å². The lowest BCUT2D eigenvalue weighted by molar-refractivity contribution is 0.628. The third kappa shape index (κ3) is 2.72. The highest BCUT2D eigenvalue weighted by molar-refractivity contribution is 5.58. The van der Waals surface area contributed by atoms with Crippen molar-refractivity contribution in [3.63, 3.8) is 0 Å². The molecule has 116 valence electrons. The van der Waals surface area contributed by atoms with Gasteiger partial charge >= 0.3 is 0 Å². The van der Waals surface area contributed by atoms with Gasteiger partial charge in [-0.15, -0.1) is 0 Å². The third-order valence-corrected chi connectivity index (χ3v) is 3.81. The van der Waals surface area contributed by atoms with Crippen molar-refractivity contribution in [1.29, 1.82) is 0 Å². The molecule has 0 aliphatic carbocycles. The normalized spacial score (nSPS) is 15.0.